The molecule has 0 N–H and O–H groups in total. The lowest BCUT2D eigenvalue weighted by Crippen LogP contribution is -2.32. The monoisotopic (exact) mass is 237 g/mol. The molecule has 0 aromatic heterocycles. The Morgan fingerprint density at radius 3 is 2.59 bits per heavy atom. The summed E-state index contributed by atoms with van der Waals surface area (Å²) in [5.74, 6) is -3.37. The van der Waals surface area contributed by atoms with Crippen molar-refractivity contribution < 1.29 is 13.6 Å². The van der Waals surface area contributed by atoms with Gasteiger partial charge in [0.2, 0.25) is 6.41 Å². The maximum Gasteiger partial charge on any atom is 0.265 e. The van der Waals surface area contributed by atoms with Gasteiger partial charge in [0.15, 0.2) is 0 Å². The number of amides is 1. The maximum atomic E-state index is 13.8. The van der Waals surface area contributed by atoms with E-state index in [0.717, 1.165) is 5.56 Å². The number of benzene rings is 1. The van der Waals surface area contributed by atoms with Crippen LogP contribution in [-0.4, -0.2) is 30.3 Å². The molecule has 1 aliphatic carbocycles. The van der Waals surface area contributed by atoms with Crippen LogP contribution in [0.25, 0.3) is 0 Å². The number of likely N-dealkylation sites (tertiary alicyclic amines) is 1. The fraction of sp³-hybridized carbons (Fsp3) is 0.462. The number of halogens is 2. The summed E-state index contributed by atoms with van der Waals surface area (Å²) >= 11 is 0. The number of alkyl halides is 2. The van der Waals surface area contributed by atoms with Crippen LogP contribution in [0.4, 0.5) is 8.78 Å². The third kappa shape index (κ3) is 1.15. The van der Waals surface area contributed by atoms with Gasteiger partial charge in [0, 0.05) is 13.1 Å². The van der Waals surface area contributed by atoms with Crippen molar-refractivity contribution in [1.82, 2.24) is 4.90 Å². The SMILES string of the molecule is Cc1ccc(C23CN(C=O)CC2C3(F)F)cc1. The van der Waals surface area contributed by atoms with Crippen LogP contribution in [0, 0.1) is 12.8 Å². The summed E-state index contributed by atoms with van der Waals surface area (Å²) in [5.41, 5.74) is 0.583. The molecular weight excluding hydrogens is 224 g/mol. The Morgan fingerprint density at radius 2 is 2.00 bits per heavy atom. The molecule has 2 atom stereocenters. The van der Waals surface area contributed by atoms with Crippen molar-refractivity contribution >= 4 is 6.41 Å². The quantitative estimate of drug-likeness (QED) is 0.720. The zero-order valence-corrected chi connectivity index (χ0v) is 9.49. The topological polar surface area (TPSA) is 20.3 Å². The first-order valence-electron chi connectivity index (χ1n) is 5.66. The molecule has 4 heteroatoms. The molecular formula is C13H13F2NO. The lowest BCUT2D eigenvalue weighted by Gasteiger charge is -2.20. The molecule has 2 fully saturated rings. The molecule has 0 bridgehead atoms. The Balaban J connectivity index is 2.00. The molecule has 0 spiro atoms. The zero-order valence-electron chi connectivity index (χ0n) is 9.49. The number of carbonyl (C=O) groups excluding carboxylic acids is 1. The molecule has 1 heterocycles. The fourth-order valence-electron chi connectivity index (χ4n) is 3.05. The second-order valence-corrected chi connectivity index (χ2v) is 5.05. The third-order valence-corrected chi connectivity index (χ3v) is 4.13. The van der Waals surface area contributed by atoms with E-state index >= 15 is 0 Å². The first-order chi connectivity index (χ1) is 8.02. The number of nitrogens with zero attached hydrogens (tertiary/aromatic N) is 1. The van der Waals surface area contributed by atoms with Crippen LogP contribution in [0.5, 0.6) is 0 Å². The van der Waals surface area contributed by atoms with Crippen molar-refractivity contribution in [3.8, 4) is 0 Å². The van der Waals surface area contributed by atoms with Gasteiger partial charge < -0.3 is 4.90 Å². The highest BCUT2D eigenvalue weighted by atomic mass is 19.3. The Labute approximate surface area is 98.2 Å². The van der Waals surface area contributed by atoms with E-state index in [2.05, 4.69) is 0 Å². The molecule has 0 radical (unpaired) electrons. The van der Waals surface area contributed by atoms with Crippen molar-refractivity contribution in [3.63, 3.8) is 0 Å². The molecule has 3 rings (SSSR count). The predicted octanol–water partition coefficient (Wildman–Crippen LogP) is 1.97. The summed E-state index contributed by atoms with van der Waals surface area (Å²) in [4.78, 5) is 12.1. The second kappa shape index (κ2) is 3.06. The van der Waals surface area contributed by atoms with E-state index in [1.54, 1.807) is 12.1 Å². The van der Waals surface area contributed by atoms with Gasteiger partial charge in [-0.1, -0.05) is 29.8 Å². The Morgan fingerprint density at radius 1 is 1.35 bits per heavy atom. The zero-order chi connectivity index (χ0) is 12.3. The number of piperidine rings is 1. The maximum absolute atomic E-state index is 13.8. The fourth-order valence-corrected chi connectivity index (χ4v) is 3.05. The van der Waals surface area contributed by atoms with Gasteiger partial charge in [-0.25, -0.2) is 8.78 Å². The van der Waals surface area contributed by atoms with Crippen LogP contribution < -0.4 is 0 Å². The van der Waals surface area contributed by atoms with Gasteiger partial charge in [0.05, 0.1) is 11.3 Å². The minimum absolute atomic E-state index is 0.136. The van der Waals surface area contributed by atoms with Crippen LogP contribution in [0.2, 0.25) is 0 Å². The largest absolute Gasteiger partial charge is 0.344 e. The molecule has 2 unspecified atom stereocenters. The lowest BCUT2D eigenvalue weighted by molar-refractivity contribution is -0.118. The molecule has 1 saturated heterocycles. The van der Waals surface area contributed by atoms with Gasteiger partial charge in [-0.2, -0.15) is 0 Å². The summed E-state index contributed by atoms with van der Waals surface area (Å²) in [6.07, 6.45) is 0.665. The molecule has 17 heavy (non-hydrogen) atoms. The molecule has 1 amide bonds. The smallest absolute Gasteiger partial charge is 0.265 e. The van der Waals surface area contributed by atoms with Crippen molar-refractivity contribution in [1.29, 1.82) is 0 Å². The third-order valence-electron chi connectivity index (χ3n) is 4.13. The number of rotatable bonds is 2. The summed E-state index contributed by atoms with van der Waals surface area (Å²) in [5, 5.41) is 0. The van der Waals surface area contributed by atoms with Gasteiger partial charge >= 0.3 is 0 Å². The van der Waals surface area contributed by atoms with E-state index in [0.29, 0.717) is 12.0 Å². The van der Waals surface area contributed by atoms with E-state index in [4.69, 9.17) is 0 Å². The molecule has 2 aliphatic rings. The minimum atomic E-state index is -2.66. The first-order valence-corrected chi connectivity index (χ1v) is 5.66. The van der Waals surface area contributed by atoms with Gasteiger partial charge in [0.1, 0.15) is 0 Å². The minimum Gasteiger partial charge on any atom is -0.344 e. The van der Waals surface area contributed by atoms with E-state index in [9.17, 15) is 13.6 Å². The number of fused-ring (bicyclic) bond motifs is 1. The van der Waals surface area contributed by atoms with Crippen molar-refractivity contribution in [3.05, 3.63) is 35.4 Å². The van der Waals surface area contributed by atoms with Crippen LogP contribution in [0.3, 0.4) is 0 Å². The van der Waals surface area contributed by atoms with Gasteiger partial charge in [-0.15, -0.1) is 0 Å². The second-order valence-electron chi connectivity index (χ2n) is 5.05. The summed E-state index contributed by atoms with van der Waals surface area (Å²) < 4.78 is 27.7. The number of carbonyl (C=O) groups is 1. The first kappa shape index (κ1) is 10.7. The van der Waals surface area contributed by atoms with Crippen LogP contribution in [-0.2, 0) is 10.2 Å². The van der Waals surface area contributed by atoms with Gasteiger partial charge in [-0.3, -0.25) is 4.79 Å². The summed E-state index contributed by atoms with van der Waals surface area (Å²) in [7, 11) is 0. The van der Waals surface area contributed by atoms with Crippen LogP contribution >= 0.6 is 0 Å². The molecule has 90 valence electrons. The van der Waals surface area contributed by atoms with Crippen molar-refractivity contribution in [2.75, 3.05) is 13.1 Å². The van der Waals surface area contributed by atoms with E-state index < -0.39 is 17.3 Å². The van der Waals surface area contributed by atoms with Gasteiger partial charge in [0.25, 0.3) is 5.92 Å². The molecule has 1 saturated carbocycles. The standard InChI is InChI=1S/C13H13F2NO/c1-9-2-4-10(5-3-9)12-7-16(8-17)6-11(12)13(12,14)15/h2-5,8,11H,6-7H2,1H3. The number of hydrogen-bond acceptors (Lipinski definition) is 1. The summed E-state index contributed by atoms with van der Waals surface area (Å²) in [6, 6.07) is 7.22. The number of aryl methyl sites for hydroxylation is 1. The highest BCUT2D eigenvalue weighted by molar-refractivity contribution is 5.55. The molecule has 2 nitrogen and oxygen atoms in total. The van der Waals surface area contributed by atoms with Crippen LogP contribution in [0.1, 0.15) is 11.1 Å². The normalized spacial score (nSPS) is 33.4. The Hall–Kier alpha value is -1.45. The molecule has 1 aromatic carbocycles. The Kier molecular flexibility index (Phi) is 1.92. The van der Waals surface area contributed by atoms with E-state index in [1.165, 1.54) is 4.90 Å². The molecule has 1 aliphatic heterocycles. The van der Waals surface area contributed by atoms with E-state index in [-0.39, 0.29) is 13.1 Å². The summed E-state index contributed by atoms with van der Waals surface area (Å²) in [6.45, 7) is 2.23. The molecule has 1 aromatic rings. The average molecular weight is 237 g/mol. The average Bonchev–Trinajstić information content (AvgIpc) is 2.66. The number of hydrogen-bond donors (Lipinski definition) is 0. The predicted molar refractivity (Wildman–Crippen MR) is 58.9 cm³/mol. The van der Waals surface area contributed by atoms with Gasteiger partial charge in [-0.05, 0) is 12.5 Å². The highest BCUT2D eigenvalue weighted by Gasteiger charge is 2.84. The van der Waals surface area contributed by atoms with E-state index in [1.807, 2.05) is 19.1 Å². The lowest BCUT2D eigenvalue weighted by atomic mass is 9.93. The van der Waals surface area contributed by atoms with Crippen LogP contribution in [0.15, 0.2) is 24.3 Å². The highest BCUT2D eigenvalue weighted by Crippen LogP contribution is 2.69. The Bertz CT molecular complexity index is 471. The van der Waals surface area contributed by atoms with Crippen molar-refractivity contribution in [2.24, 2.45) is 5.92 Å². The van der Waals surface area contributed by atoms with Crippen molar-refractivity contribution in [2.45, 2.75) is 18.3 Å².